The third-order valence-corrected chi connectivity index (χ3v) is 4.59. The molecule has 0 amide bonds. The first-order valence-corrected chi connectivity index (χ1v) is 7.35. The van der Waals surface area contributed by atoms with Gasteiger partial charge in [-0.2, -0.15) is 0 Å². The van der Waals surface area contributed by atoms with Gasteiger partial charge in [0.15, 0.2) is 0 Å². The van der Waals surface area contributed by atoms with Crippen LogP contribution in [0, 0.1) is 5.82 Å². The molecular weight excluding hydrogens is 309 g/mol. The normalized spacial score (nSPS) is 19.3. The molecule has 7 heteroatoms. The van der Waals surface area contributed by atoms with Crippen molar-refractivity contribution in [1.82, 2.24) is 0 Å². The van der Waals surface area contributed by atoms with Crippen LogP contribution in [0.1, 0.15) is 33.3 Å². The molecule has 0 aliphatic carbocycles. The van der Waals surface area contributed by atoms with E-state index < -0.39 is 30.1 Å². The Bertz CT molecular complexity index is 587. The average molecular weight is 329 g/mol. The minimum atomic E-state index is -0.838. The molecule has 0 saturated carbocycles. The Morgan fingerprint density at radius 3 is 2.32 bits per heavy atom. The second-order valence-corrected chi connectivity index (χ2v) is 6.71. The van der Waals surface area contributed by atoms with E-state index in [0.29, 0.717) is 5.56 Å². The van der Waals surface area contributed by atoms with Crippen molar-refractivity contribution in [3.8, 4) is 0 Å². The van der Waals surface area contributed by atoms with Gasteiger partial charge in [-0.15, -0.1) is 0 Å². The molecule has 22 heavy (non-hydrogen) atoms. The summed E-state index contributed by atoms with van der Waals surface area (Å²) in [7, 11) is 0.431. The number of hydrogen-bond acceptors (Lipinski definition) is 4. The van der Waals surface area contributed by atoms with Gasteiger partial charge in [-0.1, -0.05) is 11.6 Å². The van der Waals surface area contributed by atoms with Crippen molar-refractivity contribution >= 4 is 30.2 Å². The van der Waals surface area contributed by atoms with Crippen LogP contribution < -0.4 is 5.46 Å². The van der Waals surface area contributed by atoms with Crippen LogP contribution in [0.25, 0.3) is 0 Å². The maximum atomic E-state index is 14.4. The van der Waals surface area contributed by atoms with Gasteiger partial charge in [0.25, 0.3) is 0 Å². The molecular formula is C15H19BClFO4. The van der Waals surface area contributed by atoms with Crippen LogP contribution in [-0.4, -0.2) is 31.4 Å². The summed E-state index contributed by atoms with van der Waals surface area (Å²) >= 11 is 6.14. The molecule has 1 fully saturated rings. The molecule has 0 bridgehead atoms. The van der Waals surface area contributed by atoms with Gasteiger partial charge in [-0.05, 0) is 45.4 Å². The SMILES string of the molecule is COC(=O)Cc1cc(F)c(B2OC(C)(C)C(C)(C)O2)cc1Cl. The predicted molar refractivity (Wildman–Crippen MR) is 82.8 cm³/mol. The van der Waals surface area contributed by atoms with Crippen molar-refractivity contribution in [3.63, 3.8) is 0 Å². The maximum Gasteiger partial charge on any atom is 0.497 e. The maximum absolute atomic E-state index is 14.4. The summed E-state index contributed by atoms with van der Waals surface area (Å²) in [6.07, 6.45) is -0.0874. The first-order chi connectivity index (χ1) is 10.1. The number of ether oxygens (including phenoxy) is 1. The van der Waals surface area contributed by atoms with E-state index in [0.717, 1.165) is 0 Å². The molecule has 0 atom stereocenters. The third kappa shape index (κ3) is 3.14. The second-order valence-electron chi connectivity index (χ2n) is 6.31. The highest BCUT2D eigenvalue weighted by molar-refractivity contribution is 6.62. The quantitative estimate of drug-likeness (QED) is 0.632. The molecule has 2 rings (SSSR count). The van der Waals surface area contributed by atoms with Gasteiger partial charge in [-0.25, -0.2) is 4.39 Å². The highest BCUT2D eigenvalue weighted by Gasteiger charge is 2.52. The molecule has 4 nitrogen and oxygen atoms in total. The fourth-order valence-electron chi connectivity index (χ4n) is 2.12. The second kappa shape index (κ2) is 5.83. The summed E-state index contributed by atoms with van der Waals surface area (Å²) in [4.78, 5) is 11.3. The lowest BCUT2D eigenvalue weighted by atomic mass is 9.78. The minimum absolute atomic E-state index is 0.0874. The summed E-state index contributed by atoms with van der Waals surface area (Å²) < 4.78 is 30.6. The molecule has 1 saturated heterocycles. The average Bonchev–Trinajstić information content (AvgIpc) is 2.62. The zero-order chi connectivity index (χ0) is 16.7. The van der Waals surface area contributed by atoms with E-state index in [9.17, 15) is 9.18 Å². The van der Waals surface area contributed by atoms with Gasteiger partial charge < -0.3 is 14.0 Å². The number of rotatable bonds is 3. The van der Waals surface area contributed by atoms with E-state index in [-0.39, 0.29) is 16.9 Å². The van der Waals surface area contributed by atoms with Crippen molar-refractivity contribution in [3.05, 3.63) is 28.5 Å². The Morgan fingerprint density at radius 2 is 1.82 bits per heavy atom. The smallest absolute Gasteiger partial charge is 0.469 e. The topological polar surface area (TPSA) is 44.8 Å². The minimum Gasteiger partial charge on any atom is -0.469 e. The Balaban J connectivity index is 2.31. The lowest BCUT2D eigenvalue weighted by molar-refractivity contribution is -0.139. The Kier molecular flexibility index (Phi) is 4.57. The zero-order valence-corrected chi connectivity index (χ0v) is 14.1. The molecule has 1 aliphatic rings. The standard InChI is InChI=1S/C15H19BClFO4/c1-14(2)15(3,4)22-16(21-14)10-8-11(17)9(6-12(10)18)7-13(19)20-5/h6,8H,7H2,1-5H3. The number of carbonyl (C=O) groups excluding carboxylic acids is 1. The summed E-state index contributed by atoms with van der Waals surface area (Å²) in [6, 6.07) is 2.66. The fourth-order valence-corrected chi connectivity index (χ4v) is 2.36. The van der Waals surface area contributed by atoms with Crippen LogP contribution >= 0.6 is 11.6 Å². The fraction of sp³-hybridized carbons (Fsp3) is 0.533. The van der Waals surface area contributed by atoms with Crippen molar-refractivity contribution in [2.24, 2.45) is 0 Å². The molecule has 0 unspecified atom stereocenters. The first-order valence-electron chi connectivity index (χ1n) is 6.97. The van der Waals surface area contributed by atoms with E-state index in [1.807, 2.05) is 27.7 Å². The van der Waals surface area contributed by atoms with E-state index in [4.69, 9.17) is 20.9 Å². The molecule has 0 aromatic heterocycles. The molecule has 120 valence electrons. The molecule has 1 aliphatic heterocycles. The van der Waals surface area contributed by atoms with Gasteiger partial charge in [0.1, 0.15) is 5.82 Å². The first kappa shape index (κ1) is 17.3. The van der Waals surface area contributed by atoms with Crippen LogP contribution in [0.2, 0.25) is 5.02 Å². The van der Waals surface area contributed by atoms with Gasteiger partial charge in [0.2, 0.25) is 0 Å². The molecule has 1 heterocycles. The van der Waals surface area contributed by atoms with Gasteiger partial charge >= 0.3 is 13.1 Å². The van der Waals surface area contributed by atoms with Gasteiger partial charge in [-0.3, -0.25) is 4.79 Å². The van der Waals surface area contributed by atoms with Crippen LogP contribution in [0.4, 0.5) is 4.39 Å². The predicted octanol–water partition coefficient (Wildman–Crippen LogP) is 2.49. The number of methoxy groups -OCH3 is 1. The monoisotopic (exact) mass is 328 g/mol. The Morgan fingerprint density at radius 1 is 1.27 bits per heavy atom. The number of benzene rings is 1. The largest absolute Gasteiger partial charge is 0.497 e. The van der Waals surface area contributed by atoms with Crippen LogP contribution in [0.5, 0.6) is 0 Å². The third-order valence-electron chi connectivity index (χ3n) is 4.24. The number of halogens is 2. The lowest BCUT2D eigenvalue weighted by Gasteiger charge is -2.32. The molecule has 1 aromatic rings. The zero-order valence-electron chi connectivity index (χ0n) is 13.3. The summed E-state index contributed by atoms with van der Waals surface area (Å²) in [5.74, 6) is -1.01. The van der Waals surface area contributed by atoms with Crippen LogP contribution in [0.3, 0.4) is 0 Å². The van der Waals surface area contributed by atoms with Gasteiger partial charge in [0.05, 0.1) is 24.7 Å². The van der Waals surface area contributed by atoms with E-state index in [1.165, 1.54) is 19.2 Å². The summed E-state index contributed by atoms with van der Waals surface area (Å²) in [5.41, 5.74) is -0.550. The molecule has 1 aromatic carbocycles. The molecule has 0 spiro atoms. The van der Waals surface area contributed by atoms with Crippen LogP contribution in [-0.2, 0) is 25.3 Å². The van der Waals surface area contributed by atoms with Crippen molar-refractivity contribution < 1.29 is 23.2 Å². The summed E-state index contributed by atoms with van der Waals surface area (Å²) in [5, 5.41) is 0.275. The van der Waals surface area contributed by atoms with Crippen molar-refractivity contribution in [2.45, 2.75) is 45.3 Å². The number of hydrogen-bond donors (Lipinski definition) is 0. The highest BCUT2D eigenvalue weighted by atomic mass is 35.5. The van der Waals surface area contributed by atoms with Crippen molar-refractivity contribution in [2.75, 3.05) is 7.11 Å². The number of esters is 1. The van der Waals surface area contributed by atoms with Gasteiger partial charge in [0, 0.05) is 10.5 Å². The van der Waals surface area contributed by atoms with Crippen LogP contribution in [0.15, 0.2) is 12.1 Å². The van der Waals surface area contributed by atoms with E-state index in [1.54, 1.807) is 0 Å². The Hall–Kier alpha value is -1.11. The summed E-state index contributed by atoms with van der Waals surface area (Å²) in [6.45, 7) is 7.55. The Labute approximate surface area is 135 Å². The highest BCUT2D eigenvalue weighted by Crippen LogP contribution is 2.37. The molecule has 0 N–H and O–H groups in total. The van der Waals surface area contributed by atoms with E-state index >= 15 is 0 Å². The van der Waals surface area contributed by atoms with Crippen molar-refractivity contribution in [1.29, 1.82) is 0 Å². The molecule has 0 radical (unpaired) electrons. The van der Waals surface area contributed by atoms with E-state index in [2.05, 4.69) is 4.74 Å². The number of carbonyl (C=O) groups is 1. The lowest BCUT2D eigenvalue weighted by Crippen LogP contribution is -2.41.